The summed E-state index contributed by atoms with van der Waals surface area (Å²) in [5.74, 6) is 0.782. The summed E-state index contributed by atoms with van der Waals surface area (Å²) in [5.41, 5.74) is 1.69. The molecular weight excluding hydrogens is 428 g/mol. The van der Waals surface area contributed by atoms with Gasteiger partial charge in [0.1, 0.15) is 0 Å². The zero-order chi connectivity index (χ0) is 21.8. The first-order valence-corrected chi connectivity index (χ1v) is 12.3. The average molecular weight is 454 g/mol. The molecule has 4 rings (SSSR count). The number of hydrogen-bond donors (Lipinski definition) is 1. The Labute approximate surface area is 189 Å². The van der Waals surface area contributed by atoms with Crippen LogP contribution in [0, 0.1) is 0 Å². The molecule has 3 aromatic rings. The van der Waals surface area contributed by atoms with E-state index in [2.05, 4.69) is 11.9 Å². The number of benzene rings is 1. The number of anilines is 1. The lowest BCUT2D eigenvalue weighted by Crippen LogP contribution is -2.59. The largest absolute Gasteiger partial charge is 0.325 e. The van der Waals surface area contributed by atoms with Crippen LogP contribution in [-0.4, -0.2) is 21.7 Å². The van der Waals surface area contributed by atoms with E-state index < -0.39 is 6.17 Å². The summed E-state index contributed by atoms with van der Waals surface area (Å²) < 4.78 is 1.69. The van der Waals surface area contributed by atoms with Crippen molar-refractivity contribution in [1.82, 2.24) is 10.1 Å². The number of aromatic nitrogens is 3. The van der Waals surface area contributed by atoms with Gasteiger partial charge in [0.2, 0.25) is 11.1 Å². The number of fused-ring (bicyclic) bond motifs is 3. The number of carbonyl (C=O) groups is 1. The van der Waals surface area contributed by atoms with Crippen LogP contribution in [0.5, 0.6) is 0 Å². The minimum atomic E-state index is -0.526. The molecule has 1 unspecified atom stereocenters. The van der Waals surface area contributed by atoms with E-state index in [0.717, 1.165) is 29.9 Å². The molecular formula is C23H25N4O2S2+. The number of nitrogens with zero attached hydrogens (tertiary/aromatic N) is 3. The minimum absolute atomic E-state index is 0.106. The molecule has 160 valence electrons. The Morgan fingerprint density at radius 2 is 2.13 bits per heavy atom. The highest BCUT2D eigenvalue weighted by Crippen LogP contribution is 2.35. The van der Waals surface area contributed by atoms with E-state index in [-0.39, 0.29) is 11.5 Å². The number of para-hydroxylation sites is 1. The van der Waals surface area contributed by atoms with Gasteiger partial charge in [0.15, 0.2) is 0 Å². The molecule has 0 bridgehead atoms. The molecule has 0 radical (unpaired) electrons. The lowest BCUT2D eigenvalue weighted by Gasteiger charge is -2.29. The predicted molar refractivity (Wildman–Crippen MR) is 126 cm³/mol. The van der Waals surface area contributed by atoms with Crippen molar-refractivity contribution < 1.29 is 9.48 Å². The van der Waals surface area contributed by atoms with Gasteiger partial charge in [-0.05, 0) is 40.8 Å². The number of H-pyrrole nitrogens is 1. The topological polar surface area (TPSA) is 69.9 Å². The van der Waals surface area contributed by atoms with Gasteiger partial charge >= 0.3 is 11.3 Å². The van der Waals surface area contributed by atoms with Crippen LogP contribution < -0.4 is 15.1 Å². The highest BCUT2D eigenvalue weighted by molar-refractivity contribution is 7.99. The number of rotatable bonds is 7. The Hall–Kier alpha value is -2.71. The second-order valence-corrected chi connectivity index (χ2v) is 9.37. The Balaban J connectivity index is 1.83. The quantitative estimate of drug-likeness (QED) is 0.321. The SMILES string of the molecule is CCCCCSc1n[n+]2c(c(=O)[nH]1)-c1ccccc1N(C(C)=O)C2/C=C/c1cccs1. The van der Waals surface area contributed by atoms with E-state index in [1.54, 1.807) is 39.6 Å². The summed E-state index contributed by atoms with van der Waals surface area (Å²) in [6.45, 7) is 3.71. The van der Waals surface area contributed by atoms with Crippen molar-refractivity contribution in [2.24, 2.45) is 0 Å². The summed E-state index contributed by atoms with van der Waals surface area (Å²) in [7, 11) is 0. The number of thiophene rings is 1. The van der Waals surface area contributed by atoms with Crippen LogP contribution >= 0.6 is 23.1 Å². The van der Waals surface area contributed by atoms with Gasteiger partial charge in [-0.2, -0.15) is 0 Å². The first kappa shape index (κ1) is 21.5. The zero-order valence-electron chi connectivity index (χ0n) is 17.6. The van der Waals surface area contributed by atoms with E-state index in [1.807, 2.05) is 53.9 Å². The Morgan fingerprint density at radius 3 is 2.87 bits per heavy atom. The minimum Gasteiger partial charge on any atom is -0.291 e. The van der Waals surface area contributed by atoms with Gasteiger partial charge in [-0.15, -0.1) is 11.3 Å². The molecule has 1 aromatic carbocycles. The number of hydrogen-bond acceptors (Lipinski definition) is 5. The van der Waals surface area contributed by atoms with Crippen LogP contribution in [0.25, 0.3) is 17.3 Å². The fourth-order valence-corrected chi connectivity index (χ4v) is 5.16. The highest BCUT2D eigenvalue weighted by Gasteiger charge is 2.42. The van der Waals surface area contributed by atoms with Crippen molar-refractivity contribution in [3.05, 3.63) is 63.1 Å². The number of aromatic amines is 1. The van der Waals surface area contributed by atoms with Crippen molar-refractivity contribution in [1.29, 1.82) is 0 Å². The zero-order valence-corrected chi connectivity index (χ0v) is 19.2. The number of thioether (sulfide) groups is 1. The molecule has 1 atom stereocenters. The Bertz CT molecular complexity index is 1150. The maximum Gasteiger partial charge on any atom is 0.325 e. The molecule has 1 aliphatic rings. The molecule has 8 heteroatoms. The third kappa shape index (κ3) is 4.50. The molecule has 2 aromatic heterocycles. The van der Waals surface area contributed by atoms with Gasteiger partial charge in [0, 0.05) is 28.7 Å². The maximum absolute atomic E-state index is 13.1. The summed E-state index contributed by atoms with van der Waals surface area (Å²) >= 11 is 3.16. The molecule has 0 saturated carbocycles. The third-order valence-electron chi connectivity index (χ3n) is 5.10. The number of unbranched alkanes of at least 4 members (excludes halogenated alkanes) is 2. The van der Waals surface area contributed by atoms with Crippen molar-refractivity contribution in [3.8, 4) is 11.3 Å². The average Bonchev–Trinajstić information content (AvgIpc) is 3.28. The van der Waals surface area contributed by atoms with Crippen LogP contribution in [0.3, 0.4) is 0 Å². The van der Waals surface area contributed by atoms with Crippen LogP contribution in [0.1, 0.15) is 44.2 Å². The lowest BCUT2D eigenvalue weighted by atomic mass is 10.0. The van der Waals surface area contributed by atoms with Gasteiger partial charge < -0.3 is 0 Å². The standard InChI is InChI=1S/C23H24N4O2S2/c1-3-4-7-14-31-23-24-22(29)21-18-10-5-6-11-19(18)26(16(2)28)20(27(21)25-23)13-12-17-9-8-15-30-17/h5-6,8-13,15,20H,3-4,7,14H2,1-2H3/p+1/b13-12+. The molecule has 1 N–H and O–H groups in total. The molecule has 0 saturated heterocycles. The summed E-state index contributed by atoms with van der Waals surface area (Å²) in [6.07, 6.45) is 6.74. The number of amides is 1. The monoisotopic (exact) mass is 453 g/mol. The molecule has 3 heterocycles. The normalized spacial score (nSPS) is 15.2. The molecule has 1 aliphatic heterocycles. The van der Waals surface area contributed by atoms with E-state index in [9.17, 15) is 9.59 Å². The van der Waals surface area contributed by atoms with Crippen molar-refractivity contribution in [2.75, 3.05) is 10.7 Å². The van der Waals surface area contributed by atoms with E-state index in [4.69, 9.17) is 5.10 Å². The van der Waals surface area contributed by atoms with E-state index in [0.29, 0.717) is 22.1 Å². The molecule has 0 spiro atoms. The summed E-state index contributed by atoms with van der Waals surface area (Å²) in [4.78, 5) is 31.6. The highest BCUT2D eigenvalue weighted by atomic mass is 32.2. The predicted octanol–water partition coefficient (Wildman–Crippen LogP) is 4.65. The lowest BCUT2D eigenvalue weighted by molar-refractivity contribution is -0.761. The fraction of sp³-hybridized carbons (Fsp3) is 0.304. The van der Waals surface area contributed by atoms with Crippen molar-refractivity contribution in [2.45, 2.75) is 44.4 Å². The van der Waals surface area contributed by atoms with Crippen molar-refractivity contribution in [3.63, 3.8) is 0 Å². The maximum atomic E-state index is 13.1. The second-order valence-electron chi connectivity index (χ2n) is 7.30. The second kappa shape index (κ2) is 9.62. The van der Waals surface area contributed by atoms with Crippen LogP contribution in [0.2, 0.25) is 0 Å². The first-order chi connectivity index (χ1) is 15.1. The van der Waals surface area contributed by atoms with Gasteiger partial charge in [0.25, 0.3) is 6.17 Å². The molecule has 6 nitrogen and oxygen atoms in total. The van der Waals surface area contributed by atoms with Gasteiger partial charge in [-0.1, -0.05) is 49.7 Å². The van der Waals surface area contributed by atoms with Crippen molar-refractivity contribution >= 4 is 40.8 Å². The van der Waals surface area contributed by atoms with Crippen LogP contribution in [-0.2, 0) is 4.79 Å². The molecule has 0 fully saturated rings. The van der Waals surface area contributed by atoms with E-state index in [1.165, 1.54) is 0 Å². The molecule has 31 heavy (non-hydrogen) atoms. The Morgan fingerprint density at radius 1 is 1.29 bits per heavy atom. The first-order valence-electron chi connectivity index (χ1n) is 10.4. The van der Waals surface area contributed by atoms with E-state index >= 15 is 0 Å². The number of nitrogens with one attached hydrogen (secondary N) is 1. The summed E-state index contributed by atoms with van der Waals surface area (Å²) in [6, 6.07) is 11.5. The molecule has 1 amide bonds. The van der Waals surface area contributed by atoms with Gasteiger partial charge in [-0.3, -0.25) is 14.6 Å². The third-order valence-corrected chi connectivity index (χ3v) is 6.89. The molecule has 0 aliphatic carbocycles. The van der Waals surface area contributed by atoms with Gasteiger partial charge in [-0.25, -0.2) is 4.90 Å². The number of carbonyl (C=O) groups excluding carboxylic acids is 1. The van der Waals surface area contributed by atoms with Gasteiger partial charge in [0.05, 0.1) is 11.3 Å². The smallest absolute Gasteiger partial charge is 0.291 e. The van der Waals surface area contributed by atoms with Crippen LogP contribution in [0.4, 0.5) is 5.69 Å². The summed E-state index contributed by atoms with van der Waals surface area (Å²) in [5, 5.41) is 7.35. The Kier molecular flexibility index (Phi) is 6.67. The fourth-order valence-electron chi connectivity index (χ4n) is 3.68. The van der Waals surface area contributed by atoms with Crippen LogP contribution in [0.15, 0.2) is 57.8 Å².